The van der Waals surface area contributed by atoms with Gasteiger partial charge in [0.25, 0.3) is 0 Å². The smallest absolute Gasteiger partial charge is 0.173 e. The molecule has 0 N–H and O–H groups in total. The average molecular weight is 250 g/mol. The Bertz CT molecular complexity index is 211. The molecule has 0 amide bonds. The third kappa shape index (κ3) is 1.77. The summed E-state index contributed by atoms with van der Waals surface area (Å²) in [6.45, 7) is 8.44. The molecule has 0 aliphatic carbocycles. The molecule has 5 heteroatoms. The summed E-state index contributed by atoms with van der Waals surface area (Å²) in [5.74, 6) is -0.861. The zero-order chi connectivity index (χ0) is 10.2. The molecule has 4 aliphatic rings. The molecule has 0 saturated carbocycles. The van der Waals surface area contributed by atoms with Crippen molar-refractivity contribution in [3.8, 4) is 0 Å². The van der Waals surface area contributed by atoms with Crippen LogP contribution in [-0.4, -0.2) is 22.3 Å². The van der Waals surface area contributed by atoms with Crippen molar-refractivity contribution in [2.75, 3.05) is 0 Å². The van der Waals surface area contributed by atoms with Gasteiger partial charge in [-0.05, 0) is 27.7 Å². The highest BCUT2D eigenvalue weighted by Gasteiger charge is 2.66. The molecule has 0 spiro atoms. The van der Waals surface area contributed by atoms with Crippen molar-refractivity contribution in [2.45, 2.75) is 62.8 Å². The fraction of sp³-hybridized carbons (Fsp3) is 1.00. The van der Waals surface area contributed by atoms with Crippen LogP contribution in [0, 0.1) is 0 Å². The monoisotopic (exact) mass is 250 g/mol. The first-order valence-electron chi connectivity index (χ1n) is 5.14. The highest BCUT2D eigenvalue weighted by molar-refractivity contribution is 7.41. The van der Waals surface area contributed by atoms with Crippen molar-refractivity contribution >= 4 is 18.5 Å². The van der Waals surface area contributed by atoms with Crippen LogP contribution < -0.4 is 0 Å². The van der Waals surface area contributed by atoms with E-state index in [1.165, 1.54) is 0 Å². The van der Waals surface area contributed by atoms with E-state index in [0.29, 0.717) is 8.58 Å². The van der Waals surface area contributed by atoms with E-state index in [0.717, 1.165) is 12.8 Å². The molecule has 0 aromatic heterocycles. The van der Waals surface area contributed by atoms with Gasteiger partial charge in [-0.3, -0.25) is 0 Å². The van der Waals surface area contributed by atoms with E-state index in [-0.39, 0.29) is 20.6 Å². The van der Waals surface area contributed by atoms with Crippen LogP contribution in [0.4, 0.5) is 0 Å². The van der Waals surface area contributed by atoms with Gasteiger partial charge in [0, 0.05) is 12.8 Å². The van der Waals surface area contributed by atoms with Gasteiger partial charge in [0.15, 0.2) is 11.6 Å². The molecular formula is C10H20O3P2. The highest BCUT2D eigenvalue weighted by Crippen LogP contribution is 2.67. The molecule has 4 aliphatic heterocycles. The SMILES string of the molecule is CC12CC3(C)OC(C)(CC(C)(O1)P3)O2.P. The van der Waals surface area contributed by atoms with Gasteiger partial charge in [0.2, 0.25) is 0 Å². The zero-order valence-corrected chi connectivity index (χ0v) is 12.3. The Balaban J connectivity index is 0.000000853. The Labute approximate surface area is 96.0 Å². The summed E-state index contributed by atoms with van der Waals surface area (Å²) < 4.78 is 18.0. The second-order valence-electron chi connectivity index (χ2n) is 5.51. The van der Waals surface area contributed by atoms with Crippen LogP contribution in [0.1, 0.15) is 40.5 Å². The summed E-state index contributed by atoms with van der Waals surface area (Å²) in [5.41, 5.74) is 0. The molecular weight excluding hydrogens is 230 g/mol. The van der Waals surface area contributed by atoms with Crippen molar-refractivity contribution in [3.05, 3.63) is 0 Å². The molecule has 15 heavy (non-hydrogen) atoms. The van der Waals surface area contributed by atoms with E-state index in [2.05, 4.69) is 13.8 Å². The summed E-state index contributed by atoms with van der Waals surface area (Å²) in [6, 6.07) is 0. The van der Waals surface area contributed by atoms with Gasteiger partial charge < -0.3 is 14.2 Å². The summed E-state index contributed by atoms with van der Waals surface area (Å²) >= 11 is 0. The second-order valence-corrected chi connectivity index (χ2v) is 7.88. The first kappa shape index (κ1) is 12.2. The van der Waals surface area contributed by atoms with Crippen LogP contribution in [0.5, 0.6) is 0 Å². The predicted octanol–water partition coefficient (Wildman–Crippen LogP) is 2.46. The van der Waals surface area contributed by atoms with E-state index in [9.17, 15) is 0 Å². The summed E-state index contributed by atoms with van der Waals surface area (Å²) in [5, 5.41) is -0.0694. The van der Waals surface area contributed by atoms with Crippen LogP contribution in [0.2, 0.25) is 0 Å². The van der Waals surface area contributed by atoms with Gasteiger partial charge in [-0.25, -0.2) is 0 Å². The average Bonchev–Trinajstić information content (AvgIpc) is 1.67. The summed E-state index contributed by atoms with van der Waals surface area (Å²) in [7, 11) is 0.713. The Morgan fingerprint density at radius 2 is 1.20 bits per heavy atom. The molecule has 0 aromatic carbocycles. The maximum Gasteiger partial charge on any atom is 0.173 e. The molecule has 0 radical (unpaired) electrons. The highest BCUT2D eigenvalue weighted by atomic mass is 31.1. The van der Waals surface area contributed by atoms with Crippen molar-refractivity contribution in [3.63, 3.8) is 0 Å². The van der Waals surface area contributed by atoms with E-state index in [1.807, 2.05) is 13.8 Å². The minimum Gasteiger partial charge on any atom is -0.339 e. The lowest BCUT2D eigenvalue weighted by molar-refractivity contribution is -0.467. The molecule has 4 rings (SSSR count). The predicted molar refractivity (Wildman–Crippen MR) is 65.5 cm³/mol. The number of ether oxygens (including phenoxy) is 3. The molecule has 5 atom stereocenters. The Kier molecular flexibility index (Phi) is 2.40. The first-order chi connectivity index (χ1) is 6.24. The second kappa shape index (κ2) is 2.94. The van der Waals surface area contributed by atoms with Crippen LogP contribution in [0.15, 0.2) is 0 Å². The van der Waals surface area contributed by atoms with E-state index >= 15 is 0 Å². The third-order valence-corrected chi connectivity index (χ3v) is 4.78. The first-order valence-corrected chi connectivity index (χ1v) is 6.14. The normalized spacial score (nSPS) is 63.2. The topological polar surface area (TPSA) is 27.7 Å². The molecule has 5 unspecified atom stereocenters. The molecule has 4 saturated heterocycles. The van der Waals surface area contributed by atoms with Crippen molar-refractivity contribution in [1.82, 2.24) is 0 Å². The summed E-state index contributed by atoms with van der Waals surface area (Å²) in [6.07, 6.45) is 1.70. The minimum absolute atomic E-state index is 0. The van der Waals surface area contributed by atoms with Crippen LogP contribution in [0.25, 0.3) is 0 Å². The van der Waals surface area contributed by atoms with E-state index < -0.39 is 11.6 Å². The van der Waals surface area contributed by atoms with Gasteiger partial charge >= 0.3 is 0 Å². The Morgan fingerprint density at radius 1 is 0.800 bits per heavy atom. The van der Waals surface area contributed by atoms with Crippen molar-refractivity contribution < 1.29 is 14.2 Å². The molecule has 4 heterocycles. The largest absolute Gasteiger partial charge is 0.339 e. The quantitative estimate of drug-likeness (QED) is 0.618. The number of hydrogen-bond donors (Lipinski definition) is 0. The molecule has 4 bridgehead atoms. The van der Waals surface area contributed by atoms with Gasteiger partial charge in [-0.2, -0.15) is 9.90 Å². The van der Waals surface area contributed by atoms with Gasteiger partial charge in [0.1, 0.15) is 0 Å². The lowest BCUT2D eigenvalue weighted by Gasteiger charge is -2.66. The molecule has 88 valence electrons. The van der Waals surface area contributed by atoms with Crippen LogP contribution in [-0.2, 0) is 14.2 Å². The zero-order valence-electron chi connectivity index (χ0n) is 9.85. The lowest BCUT2D eigenvalue weighted by atomic mass is 9.98. The maximum atomic E-state index is 6.04. The fourth-order valence-electron chi connectivity index (χ4n) is 3.59. The lowest BCUT2D eigenvalue weighted by Crippen LogP contribution is -2.69. The Morgan fingerprint density at radius 3 is 1.53 bits per heavy atom. The van der Waals surface area contributed by atoms with Crippen LogP contribution in [0.3, 0.4) is 0 Å². The van der Waals surface area contributed by atoms with Crippen molar-refractivity contribution in [1.29, 1.82) is 0 Å². The molecule has 3 nitrogen and oxygen atoms in total. The molecule has 4 fully saturated rings. The Hall–Kier alpha value is 0.740. The standard InChI is InChI=1S/C10H17O3P.H3P/c1-7-5-9(3)13-8(2,11-7)6-10(4,12-7)14-9;/h14H,5-6H2,1-4H3;1H3. The van der Waals surface area contributed by atoms with Crippen LogP contribution >= 0.6 is 18.5 Å². The van der Waals surface area contributed by atoms with Gasteiger partial charge in [-0.1, -0.05) is 8.58 Å². The number of rotatable bonds is 0. The molecule has 0 aromatic rings. The number of hydrogen-bond acceptors (Lipinski definition) is 3. The maximum absolute atomic E-state index is 6.04. The minimum atomic E-state index is -0.431. The van der Waals surface area contributed by atoms with E-state index in [1.54, 1.807) is 0 Å². The van der Waals surface area contributed by atoms with E-state index in [4.69, 9.17) is 14.2 Å². The van der Waals surface area contributed by atoms with Gasteiger partial charge in [0.05, 0.1) is 10.7 Å². The van der Waals surface area contributed by atoms with Gasteiger partial charge in [-0.15, -0.1) is 0 Å². The third-order valence-electron chi connectivity index (χ3n) is 3.16. The van der Waals surface area contributed by atoms with Crippen molar-refractivity contribution in [2.24, 2.45) is 0 Å². The summed E-state index contributed by atoms with van der Waals surface area (Å²) in [4.78, 5) is 0. The fourth-order valence-corrected chi connectivity index (χ4v) is 6.06.